The predicted molar refractivity (Wildman–Crippen MR) is 89.8 cm³/mol. The standard InChI is InChI=1S/C16H20ClN5O/c1-16(2)11-21(13-6-4-12(17)5-7-13)8-9-22(16)15(23)14-10-20(3)19-18-14/h4-7,10H,8-9,11H2,1-3H3. The van der Waals surface area contributed by atoms with Crippen LogP contribution in [0.15, 0.2) is 30.5 Å². The lowest BCUT2D eigenvalue weighted by atomic mass is 9.97. The van der Waals surface area contributed by atoms with Gasteiger partial charge in [0.05, 0.1) is 11.7 Å². The molecular formula is C16H20ClN5O. The van der Waals surface area contributed by atoms with Crippen LogP contribution in [0.5, 0.6) is 0 Å². The number of anilines is 1. The summed E-state index contributed by atoms with van der Waals surface area (Å²) in [5.74, 6) is -0.0705. The van der Waals surface area contributed by atoms with E-state index in [1.165, 1.54) is 0 Å². The minimum atomic E-state index is -0.299. The van der Waals surface area contributed by atoms with E-state index in [0.717, 1.165) is 23.8 Å². The minimum absolute atomic E-state index is 0.0705. The number of piperazine rings is 1. The first kappa shape index (κ1) is 15.8. The molecule has 2 aromatic rings. The zero-order valence-electron chi connectivity index (χ0n) is 13.5. The highest BCUT2D eigenvalue weighted by atomic mass is 35.5. The average Bonchev–Trinajstić information content (AvgIpc) is 2.93. The summed E-state index contributed by atoms with van der Waals surface area (Å²) < 4.78 is 1.55. The Morgan fingerprint density at radius 2 is 1.91 bits per heavy atom. The van der Waals surface area contributed by atoms with E-state index in [-0.39, 0.29) is 11.4 Å². The number of amides is 1. The maximum absolute atomic E-state index is 12.7. The van der Waals surface area contributed by atoms with Crippen LogP contribution in [0.4, 0.5) is 5.69 Å². The molecule has 1 aromatic heterocycles. The van der Waals surface area contributed by atoms with Gasteiger partial charge in [0.1, 0.15) is 0 Å². The van der Waals surface area contributed by atoms with Crippen molar-refractivity contribution in [1.82, 2.24) is 19.9 Å². The summed E-state index contributed by atoms with van der Waals surface area (Å²) in [7, 11) is 1.76. The summed E-state index contributed by atoms with van der Waals surface area (Å²) in [6.45, 7) is 6.31. The third-order valence-corrected chi connectivity index (χ3v) is 4.41. The molecular weight excluding hydrogens is 314 g/mol. The molecule has 1 fully saturated rings. The number of carbonyl (C=O) groups is 1. The molecule has 1 saturated heterocycles. The molecule has 23 heavy (non-hydrogen) atoms. The number of rotatable bonds is 2. The first-order valence-corrected chi connectivity index (χ1v) is 7.93. The van der Waals surface area contributed by atoms with E-state index >= 15 is 0 Å². The monoisotopic (exact) mass is 333 g/mol. The molecule has 7 heteroatoms. The molecule has 1 aliphatic rings. The van der Waals surface area contributed by atoms with Gasteiger partial charge in [0.2, 0.25) is 0 Å². The summed E-state index contributed by atoms with van der Waals surface area (Å²) in [5, 5.41) is 8.51. The zero-order chi connectivity index (χ0) is 16.6. The van der Waals surface area contributed by atoms with E-state index in [4.69, 9.17) is 11.6 Å². The largest absolute Gasteiger partial charge is 0.367 e. The maximum atomic E-state index is 12.7. The highest BCUT2D eigenvalue weighted by Crippen LogP contribution is 2.27. The van der Waals surface area contributed by atoms with Crippen LogP contribution in [0.2, 0.25) is 5.02 Å². The Kier molecular flexibility index (Phi) is 4.02. The first-order valence-electron chi connectivity index (χ1n) is 7.56. The quantitative estimate of drug-likeness (QED) is 0.845. The van der Waals surface area contributed by atoms with Crippen molar-refractivity contribution in [2.24, 2.45) is 7.05 Å². The average molecular weight is 334 g/mol. The van der Waals surface area contributed by atoms with Gasteiger partial charge in [-0.1, -0.05) is 16.8 Å². The van der Waals surface area contributed by atoms with E-state index in [9.17, 15) is 4.79 Å². The molecule has 0 unspecified atom stereocenters. The summed E-state index contributed by atoms with van der Waals surface area (Å²) >= 11 is 5.95. The second kappa shape index (κ2) is 5.85. The van der Waals surface area contributed by atoms with Crippen molar-refractivity contribution in [3.8, 4) is 0 Å². The Morgan fingerprint density at radius 1 is 1.22 bits per heavy atom. The SMILES string of the molecule is Cn1cc(C(=O)N2CCN(c3ccc(Cl)cc3)CC2(C)C)nn1. The van der Waals surface area contributed by atoms with E-state index in [1.807, 2.05) is 29.2 Å². The van der Waals surface area contributed by atoms with Crippen molar-refractivity contribution in [3.63, 3.8) is 0 Å². The Labute approximate surface area is 140 Å². The van der Waals surface area contributed by atoms with E-state index in [1.54, 1.807) is 17.9 Å². The summed E-state index contributed by atoms with van der Waals surface area (Å²) in [5.41, 5.74) is 1.21. The number of carbonyl (C=O) groups excluding carboxylic acids is 1. The van der Waals surface area contributed by atoms with Crippen molar-refractivity contribution in [3.05, 3.63) is 41.2 Å². The van der Waals surface area contributed by atoms with Crippen LogP contribution in [0.1, 0.15) is 24.3 Å². The number of hydrogen-bond acceptors (Lipinski definition) is 4. The molecule has 6 nitrogen and oxygen atoms in total. The van der Waals surface area contributed by atoms with Gasteiger partial charge in [0.25, 0.3) is 5.91 Å². The van der Waals surface area contributed by atoms with Crippen molar-refractivity contribution < 1.29 is 4.79 Å². The van der Waals surface area contributed by atoms with E-state index in [2.05, 4.69) is 29.1 Å². The van der Waals surface area contributed by atoms with Gasteiger partial charge in [0, 0.05) is 37.4 Å². The predicted octanol–water partition coefficient (Wildman–Crippen LogP) is 2.21. The van der Waals surface area contributed by atoms with Crippen molar-refractivity contribution >= 4 is 23.2 Å². The fourth-order valence-electron chi connectivity index (χ4n) is 2.99. The molecule has 0 spiro atoms. The fourth-order valence-corrected chi connectivity index (χ4v) is 3.11. The van der Waals surface area contributed by atoms with E-state index < -0.39 is 0 Å². The van der Waals surface area contributed by atoms with Crippen LogP contribution in [0, 0.1) is 0 Å². The molecule has 1 amide bonds. The van der Waals surface area contributed by atoms with Crippen LogP contribution >= 0.6 is 11.6 Å². The summed E-state index contributed by atoms with van der Waals surface area (Å²) in [6, 6.07) is 7.80. The molecule has 1 aromatic carbocycles. The third kappa shape index (κ3) is 3.17. The molecule has 0 N–H and O–H groups in total. The molecule has 122 valence electrons. The van der Waals surface area contributed by atoms with Gasteiger partial charge in [0.15, 0.2) is 5.69 Å². The zero-order valence-corrected chi connectivity index (χ0v) is 14.3. The van der Waals surface area contributed by atoms with Crippen LogP contribution in [-0.2, 0) is 7.05 Å². The second-order valence-corrected chi connectivity index (χ2v) is 6.88. The minimum Gasteiger partial charge on any atom is -0.367 e. The number of aromatic nitrogens is 3. The molecule has 0 aliphatic carbocycles. The highest BCUT2D eigenvalue weighted by Gasteiger charge is 2.38. The normalized spacial score (nSPS) is 17.4. The third-order valence-electron chi connectivity index (χ3n) is 4.16. The molecule has 2 heterocycles. The molecule has 0 radical (unpaired) electrons. The fraction of sp³-hybridized carbons (Fsp3) is 0.438. The summed E-state index contributed by atoms with van der Waals surface area (Å²) in [6.07, 6.45) is 1.66. The van der Waals surface area contributed by atoms with Gasteiger partial charge >= 0.3 is 0 Å². The Morgan fingerprint density at radius 3 is 2.48 bits per heavy atom. The van der Waals surface area contributed by atoms with Crippen LogP contribution in [0.25, 0.3) is 0 Å². The smallest absolute Gasteiger partial charge is 0.276 e. The lowest BCUT2D eigenvalue weighted by Gasteiger charge is -2.47. The molecule has 1 aliphatic heterocycles. The van der Waals surface area contributed by atoms with Crippen LogP contribution in [0.3, 0.4) is 0 Å². The van der Waals surface area contributed by atoms with Crippen molar-refractivity contribution in [1.29, 1.82) is 0 Å². The van der Waals surface area contributed by atoms with Gasteiger partial charge in [-0.2, -0.15) is 0 Å². The Hall–Kier alpha value is -2.08. The second-order valence-electron chi connectivity index (χ2n) is 6.44. The van der Waals surface area contributed by atoms with Crippen LogP contribution in [-0.4, -0.2) is 51.0 Å². The van der Waals surface area contributed by atoms with Gasteiger partial charge < -0.3 is 9.80 Å². The number of nitrogens with zero attached hydrogens (tertiary/aromatic N) is 5. The molecule has 0 bridgehead atoms. The number of benzene rings is 1. The topological polar surface area (TPSA) is 54.3 Å². The molecule has 0 saturated carbocycles. The van der Waals surface area contributed by atoms with Gasteiger partial charge in [-0.3, -0.25) is 9.48 Å². The lowest BCUT2D eigenvalue weighted by molar-refractivity contribution is 0.0508. The highest BCUT2D eigenvalue weighted by molar-refractivity contribution is 6.30. The van der Waals surface area contributed by atoms with Gasteiger partial charge in [-0.25, -0.2) is 0 Å². The number of hydrogen-bond donors (Lipinski definition) is 0. The van der Waals surface area contributed by atoms with Crippen molar-refractivity contribution in [2.75, 3.05) is 24.5 Å². The number of halogens is 1. The first-order chi connectivity index (χ1) is 10.9. The summed E-state index contributed by atoms with van der Waals surface area (Å²) in [4.78, 5) is 16.8. The number of aryl methyl sites for hydroxylation is 1. The van der Waals surface area contributed by atoms with Crippen LogP contribution < -0.4 is 4.90 Å². The molecule has 3 rings (SSSR count). The maximum Gasteiger partial charge on any atom is 0.276 e. The molecule has 0 atom stereocenters. The van der Waals surface area contributed by atoms with Crippen molar-refractivity contribution in [2.45, 2.75) is 19.4 Å². The van der Waals surface area contributed by atoms with E-state index in [0.29, 0.717) is 12.2 Å². The van der Waals surface area contributed by atoms with Gasteiger partial charge in [-0.05, 0) is 38.1 Å². The Bertz CT molecular complexity index is 710. The lowest BCUT2D eigenvalue weighted by Crippen LogP contribution is -2.61. The Balaban J connectivity index is 1.77. The van der Waals surface area contributed by atoms with Gasteiger partial charge in [-0.15, -0.1) is 5.10 Å².